The minimum absolute atomic E-state index is 0.0439. The number of rotatable bonds is 6. The molecule has 3 atom stereocenters. The normalized spacial score (nSPS) is 21.2. The number of alkyl halides is 3. The first-order chi connectivity index (χ1) is 16.6. The van der Waals surface area contributed by atoms with E-state index >= 15 is 0 Å². The van der Waals surface area contributed by atoms with E-state index in [2.05, 4.69) is 39.0 Å². The SMILES string of the molecule is CC(C)N1c2c(-c3ccn[nH]3)cc(C(=O)Nc3ccc(OC(F)(F)Cl)cc3)cc2C2CCC(O)C21. The molecule has 0 spiro atoms. The fourth-order valence-corrected chi connectivity index (χ4v) is 5.43. The second kappa shape index (κ2) is 8.80. The maximum Gasteiger partial charge on any atom is 0.487 e. The van der Waals surface area contributed by atoms with Gasteiger partial charge in [0.25, 0.3) is 5.91 Å². The van der Waals surface area contributed by atoms with Crippen molar-refractivity contribution in [3.05, 3.63) is 59.8 Å². The lowest BCUT2D eigenvalue weighted by atomic mass is 9.92. The molecule has 3 N–H and O–H groups in total. The number of H-pyrrole nitrogens is 1. The number of nitrogens with one attached hydrogen (secondary N) is 2. The zero-order valence-corrected chi connectivity index (χ0v) is 19.9. The van der Waals surface area contributed by atoms with Crippen LogP contribution in [0.4, 0.5) is 20.2 Å². The molecule has 0 bridgehead atoms. The van der Waals surface area contributed by atoms with Gasteiger partial charge in [0.05, 0.1) is 23.5 Å². The van der Waals surface area contributed by atoms with Crippen LogP contribution in [0.5, 0.6) is 5.75 Å². The Kier molecular flexibility index (Phi) is 5.93. The van der Waals surface area contributed by atoms with Gasteiger partial charge in [0.1, 0.15) is 5.75 Å². The molecule has 35 heavy (non-hydrogen) atoms. The number of carbonyl (C=O) groups excluding carboxylic acids is 1. The van der Waals surface area contributed by atoms with Gasteiger partial charge in [-0.2, -0.15) is 5.10 Å². The molecule has 3 unspecified atom stereocenters. The van der Waals surface area contributed by atoms with Gasteiger partial charge in [0.15, 0.2) is 0 Å². The fourth-order valence-electron chi connectivity index (χ4n) is 5.34. The smallest absolute Gasteiger partial charge is 0.420 e. The number of hydrogen-bond acceptors (Lipinski definition) is 5. The molecule has 0 radical (unpaired) electrons. The number of aliphatic hydroxyl groups is 1. The summed E-state index contributed by atoms with van der Waals surface area (Å²) in [4.78, 5) is 15.5. The first-order valence-corrected chi connectivity index (χ1v) is 11.8. The zero-order valence-electron chi connectivity index (χ0n) is 19.1. The van der Waals surface area contributed by atoms with Crippen molar-refractivity contribution < 1.29 is 23.4 Å². The van der Waals surface area contributed by atoms with E-state index in [9.17, 15) is 18.7 Å². The second-order valence-corrected chi connectivity index (χ2v) is 9.64. The molecule has 7 nitrogen and oxygen atoms in total. The van der Waals surface area contributed by atoms with Crippen molar-refractivity contribution in [1.29, 1.82) is 0 Å². The Bertz CT molecular complexity index is 1230. The van der Waals surface area contributed by atoms with E-state index in [0.717, 1.165) is 28.9 Å². The molecular formula is C25H25ClF2N4O3. The van der Waals surface area contributed by atoms with Gasteiger partial charge in [-0.15, -0.1) is 8.78 Å². The molecule has 184 valence electrons. The van der Waals surface area contributed by atoms with E-state index in [1.165, 1.54) is 24.3 Å². The van der Waals surface area contributed by atoms with Crippen LogP contribution >= 0.6 is 11.6 Å². The molecule has 2 aliphatic rings. The lowest BCUT2D eigenvalue weighted by Gasteiger charge is -2.34. The van der Waals surface area contributed by atoms with Crippen LogP contribution in [0.25, 0.3) is 11.3 Å². The summed E-state index contributed by atoms with van der Waals surface area (Å²) in [6.07, 6.45) is 2.77. The summed E-state index contributed by atoms with van der Waals surface area (Å²) in [6, 6.07) is 11.2. The van der Waals surface area contributed by atoms with Gasteiger partial charge in [-0.1, -0.05) is 0 Å². The minimum Gasteiger partial charge on any atom is -0.420 e. The highest BCUT2D eigenvalue weighted by atomic mass is 35.5. The maximum atomic E-state index is 13.2. The van der Waals surface area contributed by atoms with Gasteiger partial charge in [0.2, 0.25) is 0 Å². The lowest BCUT2D eigenvalue weighted by molar-refractivity contribution is -0.0964. The Balaban J connectivity index is 1.50. The summed E-state index contributed by atoms with van der Waals surface area (Å²) >= 11 is 4.80. The van der Waals surface area contributed by atoms with Crippen LogP contribution in [0, 0.1) is 0 Å². The van der Waals surface area contributed by atoms with Gasteiger partial charge >= 0.3 is 5.57 Å². The number of ether oxygens (including phenoxy) is 1. The number of halogens is 3. The Labute approximate surface area is 206 Å². The molecule has 10 heteroatoms. The Morgan fingerprint density at radius 2 is 2.00 bits per heavy atom. The molecule has 1 amide bonds. The Morgan fingerprint density at radius 3 is 2.63 bits per heavy atom. The second-order valence-electron chi connectivity index (χ2n) is 9.20. The maximum absolute atomic E-state index is 13.2. The van der Waals surface area contributed by atoms with E-state index in [1.54, 1.807) is 6.20 Å². The predicted octanol–water partition coefficient (Wildman–Crippen LogP) is 5.33. The molecule has 2 aromatic carbocycles. The van der Waals surface area contributed by atoms with Gasteiger partial charge in [-0.25, -0.2) is 0 Å². The molecule has 1 aliphatic carbocycles. The summed E-state index contributed by atoms with van der Waals surface area (Å²) in [5.74, 6) is -0.352. The number of aromatic amines is 1. The van der Waals surface area contributed by atoms with Crippen LogP contribution in [-0.4, -0.2) is 45.0 Å². The molecule has 2 heterocycles. The number of anilines is 2. The van der Waals surface area contributed by atoms with Gasteiger partial charge in [0, 0.05) is 46.6 Å². The Morgan fingerprint density at radius 1 is 1.26 bits per heavy atom. The molecule has 1 fully saturated rings. The summed E-state index contributed by atoms with van der Waals surface area (Å²) in [6.45, 7) is 4.20. The summed E-state index contributed by atoms with van der Waals surface area (Å²) in [5, 5.41) is 20.7. The van der Waals surface area contributed by atoms with Crippen molar-refractivity contribution in [2.24, 2.45) is 0 Å². The van der Waals surface area contributed by atoms with Crippen molar-refractivity contribution in [3.8, 4) is 17.0 Å². The molecule has 3 aromatic rings. The highest BCUT2D eigenvalue weighted by Crippen LogP contribution is 2.53. The summed E-state index contributed by atoms with van der Waals surface area (Å²) in [5.41, 5.74) is 0.721. The topological polar surface area (TPSA) is 90.5 Å². The molecule has 0 saturated heterocycles. The number of aromatic nitrogens is 2. The lowest BCUT2D eigenvalue weighted by Crippen LogP contribution is -2.43. The molecule has 1 aliphatic heterocycles. The number of fused-ring (bicyclic) bond motifs is 3. The summed E-state index contributed by atoms with van der Waals surface area (Å²) < 4.78 is 30.0. The van der Waals surface area contributed by atoms with Crippen molar-refractivity contribution in [2.75, 3.05) is 10.2 Å². The highest BCUT2D eigenvalue weighted by Gasteiger charge is 2.48. The van der Waals surface area contributed by atoms with Gasteiger partial charge in [-0.05, 0) is 74.7 Å². The standard InChI is InChI=1S/C25H25ClF2N4O3/c1-13(2)32-22-18(17-7-8-21(33)23(17)32)11-14(12-19(22)20-9-10-29-31-20)24(34)30-15-3-5-16(6-4-15)35-25(26,27)28/h3-6,9-13,17,21,23,33H,7-8H2,1-2H3,(H,29,31)(H,30,34). The third-order valence-electron chi connectivity index (χ3n) is 6.65. The molecule has 1 aromatic heterocycles. The largest absolute Gasteiger partial charge is 0.487 e. The summed E-state index contributed by atoms with van der Waals surface area (Å²) in [7, 11) is 0. The number of aliphatic hydroxyl groups excluding tert-OH is 1. The van der Waals surface area contributed by atoms with Crippen LogP contribution < -0.4 is 15.0 Å². The Hall–Kier alpha value is -3.17. The zero-order chi connectivity index (χ0) is 24.9. The average Bonchev–Trinajstić information content (AvgIpc) is 3.51. The molecule has 5 rings (SSSR count). The van der Waals surface area contributed by atoms with Crippen LogP contribution in [-0.2, 0) is 0 Å². The van der Waals surface area contributed by atoms with Crippen molar-refractivity contribution >= 4 is 28.9 Å². The number of hydrogen-bond donors (Lipinski definition) is 3. The van der Waals surface area contributed by atoms with Crippen LogP contribution in [0.1, 0.15) is 48.5 Å². The van der Waals surface area contributed by atoms with Gasteiger partial charge < -0.3 is 20.1 Å². The minimum atomic E-state index is -3.81. The number of amides is 1. The number of benzene rings is 2. The molecular weight excluding hydrogens is 478 g/mol. The third kappa shape index (κ3) is 4.46. The van der Waals surface area contributed by atoms with Crippen LogP contribution in [0.3, 0.4) is 0 Å². The molecule has 1 saturated carbocycles. The van der Waals surface area contributed by atoms with Gasteiger partial charge in [-0.3, -0.25) is 9.89 Å². The van der Waals surface area contributed by atoms with Crippen molar-refractivity contribution in [3.63, 3.8) is 0 Å². The first kappa shape index (κ1) is 23.6. The highest BCUT2D eigenvalue weighted by molar-refractivity contribution is 6.20. The van der Waals surface area contributed by atoms with E-state index in [-0.39, 0.29) is 29.7 Å². The quantitative estimate of drug-likeness (QED) is 0.396. The van der Waals surface area contributed by atoms with E-state index in [0.29, 0.717) is 17.7 Å². The van der Waals surface area contributed by atoms with Crippen LogP contribution in [0.2, 0.25) is 0 Å². The van der Waals surface area contributed by atoms with E-state index in [1.807, 2.05) is 18.2 Å². The van der Waals surface area contributed by atoms with Crippen molar-refractivity contribution in [1.82, 2.24) is 10.2 Å². The average molecular weight is 503 g/mol. The third-order valence-corrected chi connectivity index (χ3v) is 6.73. The predicted molar refractivity (Wildman–Crippen MR) is 129 cm³/mol. The fraction of sp³-hybridized carbons (Fsp3) is 0.360. The number of carbonyl (C=O) groups is 1. The monoisotopic (exact) mass is 502 g/mol. The van der Waals surface area contributed by atoms with Crippen LogP contribution in [0.15, 0.2) is 48.7 Å². The van der Waals surface area contributed by atoms with E-state index in [4.69, 9.17) is 11.6 Å². The van der Waals surface area contributed by atoms with E-state index < -0.39 is 11.7 Å². The van der Waals surface area contributed by atoms with Crippen molar-refractivity contribution in [2.45, 2.75) is 56.4 Å². The number of nitrogens with zero attached hydrogens (tertiary/aromatic N) is 2. The first-order valence-electron chi connectivity index (χ1n) is 11.4.